The van der Waals surface area contributed by atoms with Gasteiger partial charge in [0.15, 0.2) is 6.47 Å². The molecule has 0 fully saturated rings. The summed E-state index contributed by atoms with van der Waals surface area (Å²) in [6.45, 7) is 3.03. The molecule has 0 unspecified atom stereocenters. The van der Waals surface area contributed by atoms with Gasteiger partial charge in [-0.3, -0.25) is 0 Å². The van der Waals surface area contributed by atoms with E-state index >= 15 is 0 Å². The van der Waals surface area contributed by atoms with E-state index in [1.165, 1.54) is 13.8 Å². The van der Waals surface area contributed by atoms with Gasteiger partial charge in [0.2, 0.25) is 0 Å². The molecular weight excluding hydrogens is 440 g/mol. The Morgan fingerprint density at radius 2 is 1.15 bits per heavy atom. The van der Waals surface area contributed by atoms with Crippen LogP contribution in [-0.2, 0) is 14.3 Å². The van der Waals surface area contributed by atoms with Crippen LogP contribution in [0.5, 0.6) is 0 Å². The predicted octanol–water partition coefficient (Wildman–Crippen LogP) is 3.07. The molecule has 0 saturated carbocycles. The van der Waals surface area contributed by atoms with Gasteiger partial charge >= 0.3 is 11.9 Å². The molecule has 0 aromatic rings. The Balaban J connectivity index is 4.34. The Hall–Kier alpha value is 1.06. The Bertz CT molecular complexity index is 201. The van der Waals surface area contributed by atoms with Crippen molar-refractivity contribution in [3.8, 4) is 0 Å². The molecule has 0 aliphatic carbocycles. The summed E-state index contributed by atoms with van der Waals surface area (Å²) in [7, 11) is 0. The Kier molecular flexibility index (Phi) is 5.11. The summed E-state index contributed by atoms with van der Waals surface area (Å²) in [6.07, 6.45) is 0. The van der Waals surface area contributed by atoms with Gasteiger partial charge < -0.3 is 4.74 Å². The Morgan fingerprint density at radius 3 is 1.31 bits per heavy atom. The van der Waals surface area contributed by atoms with Gasteiger partial charge in [-0.15, -0.1) is 0 Å². The number of carbonyl (C=O) groups is 2. The normalized spacial score (nSPS) is 12.5. The molecule has 0 bridgehead atoms. The Morgan fingerprint density at radius 1 is 0.923 bits per heavy atom. The highest BCUT2D eigenvalue weighted by molar-refractivity contribution is 9.26. The van der Waals surface area contributed by atoms with Crippen molar-refractivity contribution in [2.75, 3.05) is 0 Å². The van der Waals surface area contributed by atoms with Gasteiger partial charge in [-0.25, -0.2) is 9.59 Å². The van der Waals surface area contributed by atoms with Gasteiger partial charge in [0.05, 0.1) is 0 Å². The van der Waals surface area contributed by atoms with Crippen molar-refractivity contribution in [2.24, 2.45) is 0 Å². The van der Waals surface area contributed by atoms with E-state index < -0.39 is 18.4 Å². The lowest BCUT2D eigenvalue weighted by molar-refractivity contribution is -0.159. The molecular formula is C6H6Br4O3. The monoisotopic (exact) mass is 442 g/mol. The quantitative estimate of drug-likeness (QED) is 0.373. The smallest absolute Gasteiger partial charge is 0.341 e. The first-order valence-electron chi connectivity index (χ1n) is 3.07. The van der Waals surface area contributed by atoms with Crippen molar-refractivity contribution in [1.29, 1.82) is 0 Å². The first-order valence-corrected chi connectivity index (χ1v) is 6.24. The van der Waals surface area contributed by atoms with Crippen molar-refractivity contribution in [1.82, 2.24) is 0 Å². The molecule has 0 aromatic carbocycles. The third-order valence-electron chi connectivity index (χ3n) is 0.902. The number of ether oxygens (including phenoxy) is 1. The number of esters is 2. The van der Waals surface area contributed by atoms with Crippen molar-refractivity contribution in [2.45, 2.75) is 20.3 Å². The summed E-state index contributed by atoms with van der Waals surface area (Å²) in [5, 5.41) is 0. The lowest BCUT2D eigenvalue weighted by Crippen LogP contribution is -2.32. The summed E-state index contributed by atoms with van der Waals surface area (Å²) in [5.41, 5.74) is 0. The number of alkyl halides is 4. The van der Waals surface area contributed by atoms with Crippen LogP contribution in [0.1, 0.15) is 13.8 Å². The summed E-state index contributed by atoms with van der Waals surface area (Å²) >= 11 is 12.0. The standard InChI is InChI=1S/C6H6Br4O3/c1-5(7,8)3(11)13-4(12)6(2,9)10/h1-2H3. The first-order chi connectivity index (χ1) is 5.55. The number of hydrogen-bond acceptors (Lipinski definition) is 3. The van der Waals surface area contributed by atoms with E-state index in [0.717, 1.165) is 0 Å². The third-order valence-corrected chi connectivity index (χ3v) is 2.20. The molecule has 0 aliphatic heterocycles. The van der Waals surface area contributed by atoms with Gasteiger partial charge in [0.1, 0.15) is 0 Å². The average molecular weight is 446 g/mol. The fourth-order valence-corrected chi connectivity index (χ4v) is 0.587. The molecule has 0 atom stereocenters. The zero-order valence-corrected chi connectivity index (χ0v) is 13.1. The molecule has 0 spiro atoms. The first kappa shape index (κ1) is 14.1. The van der Waals surface area contributed by atoms with Crippen molar-refractivity contribution in [3.05, 3.63) is 0 Å². The molecule has 0 heterocycles. The highest BCUT2D eigenvalue weighted by atomic mass is 79.9. The number of hydrogen-bond donors (Lipinski definition) is 0. The molecule has 0 aliphatic rings. The van der Waals surface area contributed by atoms with Crippen molar-refractivity contribution in [3.63, 3.8) is 0 Å². The maximum Gasteiger partial charge on any atom is 0.341 e. The average Bonchev–Trinajstić information content (AvgIpc) is 1.82. The van der Waals surface area contributed by atoms with Gasteiger partial charge in [-0.1, -0.05) is 63.7 Å². The zero-order valence-electron chi connectivity index (χ0n) is 6.74. The molecule has 13 heavy (non-hydrogen) atoms. The van der Waals surface area contributed by atoms with E-state index in [0.29, 0.717) is 0 Å². The molecule has 0 rings (SSSR count). The maximum atomic E-state index is 11.1. The lowest BCUT2D eigenvalue weighted by Gasteiger charge is -2.15. The minimum Gasteiger partial charge on any atom is -0.390 e. The minimum atomic E-state index is -1.04. The number of carbonyl (C=O) groups excluding carboxylic acids is 2. The fraction of sp³-hybridized carbons (Fsp3) is 0.667. The van der Waals surface area contributed by atoms with Crippen molar-refractivity contribution >= 4 is 75.7 Å². The van der Waals surface area contributed by atoms with Gasteiger partial charge in [-0.2, -0.15) is 0 Å². The number of rotatable bonds is 2. The summed E-state index contributed by atoms with van der Waals surface area (Å²) in [4.78, 5) is 22.3. The van der Waals surface area contributed by atoms with Crippen LogP contribution in [0.3, 0.4) is 0 Å². The van der Waals surface area contributed by atoms with Gasteiger partial charge in [-0.05, 0) is 13.8 Å². The summed E-state index contributed by atoms with van der Waals surface area (Å²) in [5.74, 6) is -1.41. The summed E-state index contributed by atoms with van der Waals surface area (Å²) in [6, 6.07) is 0. The van der Waals surface area contributed by atoms with Crippen LogP contribution in [0.15, 0.2) is 0 Å². The van der Waals surface area contributed by atoms with E-state index in [2.05, 4.69) is 68.5 Å². The lowest BCUT2D eigenvalue weighted by atomic mass is 10.4. The molecule has 0 aromatic heterocycles. The fourth-order valence-electron chi connectivity index (χ4n) is 0.263. The van der Waals surface area contributed by atoms with Crippen LogP contribution >= 0.6 is 63.7 Å². The highest BCUT2D eigenvalue weighted by Crippen LogP contribution is 2.30. The molecule has 0 amide bonds. The van der Waals surface area contributed by atoms with E-state index in [1.807, 2.05) is 0 Å². The van der Waals surface area contributed by atoms with Crippen LogP contribution in [0.2, 0.25) is 0 Å². The maximum absolute atomic E-state index is 11.1. The van der Waals surface area contributed by atoms with Crippen LogP contribution in [0.4, 0.5) is 0 Å². The van der Waals surface area contributed by atoms with Crippen LogP contribution in [0, 0.1) is 0 Å². The second-order valence-electron chi connectivity index (χ2n) is 2.45. The van der Waals surface area contributed by atoms with Gasteiger partial charge in [0, 0.05) is 0 Å². The van der Waals surface area contributed by atoms with E-state index in [4.69, 9.17) is 0 Å². The third kappa shape index (κ3) is 5.49. The van der Waals surface area contributed by atoms with Crippen LogP contribution in [0.25, 0.3) is 0 Å². The molecule has 0 radical (unpaired) electrons. The molecule has 0 saturated heterocycles. The molecule has 76 valence electrons. The van der Waals surface area contributed by atoms with Gasteiger partial charge in [0.25, 0.3) is 0 Å². The van der Waals surface area contributed by atoms with E-state index in [1.54, 1.807) is 0 Å². The van der Waals surface area contributed by atoms with Crippen LogP contribution < -0.4 is 0 Å². The van der Waals surface area contributed by atoms with Crippen molar-refractivity contribution < 1.29 is 14.3 Å². The topological polar surface area (TPSA) is 43.4 Å². The largest absolute Gasteiger partial charge is 0.390 e. The second-order valence-corrected chi connectivity index (χ2v) is 10.9. The van der Waals surface area contributed by atoms with E-state index in [-0.39, 0.29) is 0 Å². The molecule has 3 nitrogen and oxygen atoms in total. The van der Waals surface area contributed by atoms with E-state index in [9.17, 15) is 9.59 Å². The Labute approximate surface area is 109 Å². The zero-order chi connectivity index (χ0) is 10.9. The summed E-state index contributed by atoms with van der Waals surface area (Å²) < 4.78 is 2.43. The SMILES string of the molecule is CC(Br)(Br)C(=O)OC(=O)C(C)(Br)Br. The molecule has 7 heteroatoms. The van der Waals surface area contributed by atoms with Crippen LogP contribution in [-0.4, -0.2) is 18.4 Å². The second kappa shape index (κ2) is 4.72. The molecule has 0 N–H and O–H groups in total. The predicted molar refractivity (Wildman–Crippen MR) is 63.6 cm³/mol. The number of halogens is 4. The highest BCUT2D eigenvalue weighted by Gasteiger charge is 2.36. The minimum absolute atomic E-state index is 0.706.